The van der Waals surface area contributed by atoms with Gasteiger partial charge in [0.1, 0.15) is 11.8 Å². The summed E-state index contributed by atoms with van der Waals surface area (Å²) in [6, 6.07) is 0. The van der Waals surface area contributed by atoms with E-state index in [4.69, 9.17) is 5.73 Å². The van der Waals surface area contributed by atoms with Gasteiger partial charge >= 0.3 is 0 Å². The van der Waals surface area contributed by atoms with Crippen LogP contribution in [0.4, 0.5) is 5.82 Å². The van der Waals surface area contributed by atoms with E-state index in [1.165, 1.54) is 23.1 Å². The quantitative estimate of drug-likeness (QED) is 0.773. The Morgan fingerprint density at radius 3 is 2.53 bits per heavy atom. The predicted molar refractivity (Wildman–Crippen MR) is 61.0 cm³/mol. The van der Waals surface area contributed by atoms with E-state index in [2.05, 4.69) is 37.8 Å². The summed E-state index contributed by atoms with van der Waals surface area (Å²) in [5, 5.41) is 4.27. The predicted octanol–water partition coefficient (Wildman–Crippen LogP) is 2.05. The Morgan fingerprint density at radius 2 is 1.93 bits per heavy atom. The number of nitrogen functional groups attached to an aromatic ring is 1. The molecule has 0 aliphatic rings. The average molecular weight is 204 g/mol. The third-order valence-electron chi connectivity index (χ3n) is 2.90. The van der Waals surface area contributed by atoms with Crippen molar-refractivity contribution in [3.8, 4) is 0 Å². The van der Waals surface area contributed by atoms with Crippen LogP contribution in [0.2, 0.25) is 0 Å². The Kier molecular flexibility index (Phi) is 2.14. The number of aromatic nitrogens is 3. The van der Waals surface area contributed by atoms with Gasteiger partial charge in [-0.3, -0.25) is 0 Å². The van der Waals surface area contributed by atoms with E-state index in [0.29, 0.717) is 11.7 Å². The fraction of sp³-hybridized carbons (Fsp3) is 0.455. The van der Waals surface area contributed by atoms with Gasteiger partial charge in [-0.1, -0.05) is 13.8 Å². The van der Waals surface area contributed by atoms with Crippen molar-refractivity contribution in [2.24, 2.45) is 0 Å². The number of nitrogens with two attached hydrogens (primary N) is 1. The highest BCUT2D eigenvalue weighted by Crippen LogP contribution is 2.28. The summed E-state index contributed by atoms with van der Waals surface area (Å²) in [6.07, 6.45) is 1.51. The summed E-state index contributed by atoms with van der Waals surface area (Å²) < 4.78 is 1.91. The van der Waals surface area contributed by atoms with Crippen LogP contribution >= 0.6 is 0 Å². The zero-order valence-corrected chi connectivity index (χ0v) is 9.57. The van der Waals surface area contributed by atoms with E-state index in [-0.39, 0.29) is 0 Å². The molecule has 2 heterocycles. The summed E-state index contributed by atoms with van der Waals surface area (Å²) in [7, 11) is 0. The number of rotatable bonds is 1. The highest BCUT2D eigenvalue weighted by molar-refractivity contribution is 5.72. The lowest BCUT2D eigenvalue weighted by atomic mass is 10.0. The van der Waals surface area contributed by atoms with E-state index in [9.17, 15) is 0 Å². The van der Waals surface area contributed by atoms with E-state index in [1.54, 1.807) is 0 Å². The molecule has 0 spiro atoms. The van der Waals surface area contributed by atoms with Crippen LogP contribution in [0.3, 0.4) is 0 Å². The third-order valence-corrected chi connectivity index (χ3v) is 2.90. The van der Waals surface area contributed by atoms with Gasteiger partial charge in [0, 0.05) is 5.69 Å². The number of nitrogens with zero attached hydrogens (tertiary/aromatic N) is 3. The average Bonchev–Trinajstić information content (AvgIpc) is 2.41. The molecule has 0 radical (unpaired) electrons. The van der Waals surface area contributed by atoms with Crippen LogP contribution in [0.5, 0.6) is 0 Å². The number of hydrogen-bond acceptors (Lipinski definition) is 3. The molecule has 2 rings (SSSR count). The molecule has 0 unspecified atom stereocenters. The Bertz CT molecular complexity index is 511. The standard InChI is InChI=1S/C11H16N4/c1-6(2)9-7(3)8(4)10-11(12)13-5-14-15(9)10/h5-6H,1-4H3,(H2,12,13,14). The summed E-state index contributed by atoms with van der Waals surface area (Å²) in [6.45, 7) is 8.49. The first-order valence-corrected chi connectivity index (χ1v) is 5.12. The topological polar surface area (TPSA) is 56.2 Å². The van der Waals surface area contributed by atoms with Gasteiger partial charge in [0.2, 0.25) is 0 Å². The van der Waals surface area contributed by atoms with E-state index >= 15 is 0 Å². The van der Waals surface area contributed by atoms with Gasteiger partial charge in [-0.15, -0.1) is 0 Å². The van der Waals surface area contributed by atoms with Crippen molar-refractivity contribution in [3.63, 3.8) is 0 Å². The van der Waals surface area contributed by atoms with Crippen LogP contribution in [0.1, 0.15) is 36.6 Å². The second kappa shape index (κ2) is 3.22. The molecule has 0 saturated carbocycles. The van der Waals surface area contributed by atoms with Crippen molar-refractivity contribution in [1.29, 1.82) is 0 Å². The van der Waals surface area contributed by atoms with Crippen LogP contribution in [0.15, 0.2) is 6.33 Å². The number of hydrogen-bond donors (Lipinski definition) is 1. The molecule has 2 aromatic heterocycles. The van der Waals surface area contributed by atoms with Crippen molar-refractivity contribution in [1.82, 2.24) is 14.6 Å². The van der Waals surface area contributed by atoms with Crippen LogP contribution in [0.25, 0.3) is 5.52 Å². The zero-order valence-electron chi connectivity index (χ0n) is 9.57. The Balaban J connectivity index is 2.94. The molecule has 4 nitrogen and oxygen atoms in total. The largest absolute Gasteiger partial charge is 0.382 e. The first kappa shape index (κ1) is 9.96. The zero-order chi connectivity index (χ0) is 11.2. The molecule has 0 aromatic carbocycles. The van der Waals surface area contributed by atoms with Gasteiger partial charge in [-0.2, -0.15) is 5.10 Å². The van der Waals surface area contributed by atoms with Gasteiger partial charge < -0.3 is 5.73 Å². The van der Waals surface area contributed by atoms with Crippen LogP contribution in [0, 0.1) is 13.8 Å². The molecule has 0 amide bonds. The molecule has 0 aliphatic heterocycles. The fourth-order valence-electron chi connectivity index (χ4n) is 2.11. The van der Waals surface area contributed by atoms with Gasteiger partial charge in [-0.25, -0.2) is 9.50 Å². The highest BCUT2D eigenvalue weighted by Gasteiger charge is 2.17. The molecule has 2 N–H and O–H groups in total. The molecule has 0 bridgehead atoms. The smallest absolute Gasteiger partial charge is 0.151 e. The minimum atomic E-state index is 0.431. The first-order chi connectivity index (χ1) is 7.04. The van der Waals surface area contributed by atoms with Gasteiger partial charge in [-0.05, 0) is 30.9 Å². The first-order valence-electron chi connectivity index (χ1n) is 5.12. The number of anilines is 1. The molecule has 2 aromatic rings. The van der Waals surface area contributed by atoms with E-state index < -0.39 is 0 Å². The third kappa shape index (κ3) is 1.28. The normalized spacial score (nSPS) is 11.5. The fourth-order valence-corrected chi connectivity index (χ4v) is 2.11. The van der Waals surface area contributed by atoms with Crippen LogP contribution in [-0.4, -0.2) is 14.6 Å². The monoisotopic (exact) mass is 204 g/mol. The van der Waals surface area contributed by atoms with E-state index in [1.807, 2.05) is 4.52 Å². The van der Waals surface area contributed by atoms with Crippen molar-refractivity contribution in [2.45, 2.75) is 33.6 Å². The molecular formula is C11H16N4. The van der Waals surface area contributed by atoms with Crippen molar-refractivity contribution in [3.05, 3.63) is 23.1 Å². The molecule has 0 saturated heterocycles. The molecule has 0 fully saturated rings. The summed E-state index contributed by atoms with van der Waals surface area (Å²) in [5.41, 5.74) is 10.5. The van der Waals surface area contributed by atoms with Crippen LogP contribution < -0.4 is 5.73 Å². The second-order valence-electron chi connectivity index (χ2n) is 4.20. The molecule has 15 heavy (non-hydrogen) atoms. The SMILES string of the molecule is Cc1c(C)c2c(N)ncnn2c1C(C)C. The molecule has 4 heteroatoms. The summed E-state index contributed by atoms with van der Waals surface area (Å²) >= 11 is 0. The molecular weight excluding hydrogens is 188 g/mol. The Labute approximate surface area is 89.1 Å². The van der Waals surface area contributed by atoms with Crippen molar-refractivity contribution >= 4 is 11.3 Å². The minimum absolute atomic E-state index is 0.431. The summed E-state index contributed by atoms with van der Waals surface area (Å²) in [4.78, 5) is 4.03. The molecule has 0 aliphatic carbocycles. The highest BCUT2D eigenvalue weighted by atomic mass is 15.3. The van der Waals surface area contributed by atoms with Gasteiger partial charge in [0.25, 0.3) is 0 Å². The maximum atomic E-state index is 5.87. The molecule has 0 atom stereocenters. The lowest BCUT2D eigenvalue weighted by Gasteiger charge is -2.06. The maximum Gasteiger partial charge on any atom is 0.151 e. The lowest BCUT2D eigenvalue weighted by Crippen LogP contribution is -2.03. The number of aryl methyl sites for hydroxylation is 1. The van der Waals surface area contributed by atoms with Crippen LogP contribution in [-0.2, 0) is 0 Å². The Hall–Kier alpha value is -1.58. The maximum absolute atomic E-state index is 5.87. The number of fused-ring (bicyclic) bond motifs is 1. The van der Waals surface area contributed by atoms with Gasteiger partial charge in [0.15, 0.2) is 5.82 Å². The van der Waals surface area contributed by atoms with Gasteiger partial charge in [0.05, 0.1) is 0 Å². The minimum Gasteiger partial charge on any atom is -0.382 e. The van der Waals surface area contributed by atoms with Crippen molar-refractivity contribution in [2.75, 3.05) is 5.73 Å². The molecule has 80 valence electrons. The van der Waals surface area contributed by atoms with Crippen molar-refractivity contribution < 1.29 is 0 Å². The Morgan fingerprint density at radius 1 is 1.27 bits per heavy atom. The second-order valence-corrected chi connectivity index (χ2v) is 4.20. The summed E-state index contributed by atoms with van der Waals surface area (Å²) in [5.74, 6) is 0.984. The lowest BCUT2D eigenvalue weighted by molar-refractivity contribution is 0.745. The van der Waals surface area contributed by atoms with E-state index in [0.717, 1.165) is 5.52 Å².